The van der Waals surface area contributed by atoms with Crippen LogP contribution in [0.4, 0.5) is 0 Å². The highest BCUT2D eigenvalue weighted by Gasteiger charge is 2.12. The van der Waals surface area contributed by atoms with E-state index in [-0.39, 0.29) is 0 Å². The van der Waals surface area contributed by atoms with Crippen LogP contribution >= 0.6 is 22.9 Å². The van der Waals surface area contributed by atoms with Crippen molar-refractivity contribution in [1.82, 2.24) is 0 Å². The molecule has 0 aliphatic carbocycles. The van der Waals surface area contributed by atoms with E-state index >= 15 is 0 Å². The third kappa shape index (κ3) is 1.44. The fourth-order valence-corrected chi connectivity index (χ4v) is 3.65. The Balaban J connectivity index is 2.58. The molecule has 1 N–H and O–H groups in total. The van der Waals surface area contributed by atoms with Gasteiger partial charge in [-0.15, -0.1) is 11.3 Å². The first-order valence-electron chi connectivity index (χ1n) is 5.39. The zero-order valence-corrected chi connectivity index (χ0v) is 11.1. The highest BCUT2D eigenvalue weighted by Crippen LogP contribution is 2.41. The second-order valence-electron chi connectivity index (χ2n) is 4.24. The van der Waals surface area contributed by atoms with Gasteiger partial charge in [0, 0.05) is 30.8 Å². The summed E-state index contributed by atoms with van der Waals surface area (Å²) in [4.78, 5) is 0. The summed E-state index contributed by atoms with van der Waals surface area (Å²) in [6.45, 7) is 3.99. The predicted octanol–water partition coefficient (Wildman–Crippen LogP) is 5.03. The molecule has 0 aliphatic rings. The zero-order chi connectivity index (χ0) is 12.2. The molecule has 1 nitrogen and oxygen atoms in total. The molecule has 0 aliphatic heterocycles. The Hall–Kier alpha value is -1.25. The molecule has 0 radical (unpaired) electrons. The van der Waals surface area contributed by atoms with E-state index in [1.807, 2.05) is 26.0 Å². The standard InChI is InChI=1S/C14H11ClOS/c1-7-11(15)5-3-9-10-4-6-12(16)8(2)14(10)17-13(7)9/h3-6,16H,1-2H3. The maximum absolute atomic E-state index is 9.75. The van der Waals surface area contributed by atoms with E-state index in [2.05, 4.69) is 6.07 Å². The molecule has 17 heavy (non-hydrogen) atoms. The minimum absolute atomic E-state index is 0.354. The van der Waals surface area contributed by atoms with Gasteiger partial charge in [-0.3, -0.25) is 0 Å². The average Bonchev–Trinajstić information content (AvgIpc) is 2.69. The number of rotatable bonds is 0. The Morgan fingerprint density at radius 1 is 0.941 bits per heavy atom. The summed E-state index contributed by atoms with van der Waals surface area (Å²) in [6.07, 6.45) is 0. The Bertz CT molecular complexity index is 681. The molecule has 0 spiro atoms. The van der Waals surface area contributed by atoms with Gasteiger partial charge in [-0.25, -0.2) is 0 Å². The summed E-state index contributed by atoms with van der Waals surface area (Å²) in [5.41, 5.74) is 2.06. The highest BCUT2D eigenvalue weighted by atomic mass is 35.5. The van der Waals surface area contributed by atoms with Crippen molar-refractivity contribution in [1.29, 1.82) is 0 Å². The summed E-state index contributed by atoms with van der Waals surface area (Å²) in [7, 11) is 0. The topological polar surface area (TPSA) is 20.2 Å². The number of phenols is 1. The molecular formula is C14H11ClOS. The number of phenolic OH excluding ortho intramolecular Hbond substituents is 1. The molecule has 1 heterocycles. The van der Waals surface area contributed by atoms with Gasteiger partial charge in [0.25, 0.3) is 0 Å². The van der Waals surface area contributed by atoms with Crippen molar-refractivity contribution in [2.45, 2.75) is 13.8 Å². The maximum Gasteiger partial charge on any atom is 0.119 e. The molecule has 0 atom stereocenters. The van der Waals surface area contributed by atoms with Gasteiger partial charge in [-0.05, 0) is 37.6 Å². The van der Waals surface area contributed by atoms with E-state index < -0.39 is 0 Å². The number of aromatic hydroxyl groups is 1. The number of hydrogen-bond donors (Lipinski definition) is 1. The van der Waals surface area contributed by atoms with E-state index in [0.29, 0.717) is 5.75 Å². The third-order valence-electron chi connectivity index (χ3n) is 3.21. The largest absolute Gasteiger partial charge is 0.508 e. The molecule has 86 valence electrons. The molecule has 3 aromatic rings. The lowest BCUT2D eigenvalue weighted by Gasteiger charge is -1.99. The first-order chi connectivity index (χ1) is 8.09. The number of halogens is 1. The molecule has 2 aromatic carbocycles. The average molecular weight is 263 g/mol. The number of hydrogen-bond acceptors (Lipinski definition) is 2. The fraction of sp³-hybridized carbons (Fsp3) is 0.143. The summed E-state index contributed by atoms with van der Waals surface area (Å²) < 4.78 is 2.35. The maximum atomic E-state index is 9.75. The van der Waals surface area contributed by atoms with Gasteiger partial charge in [0.1, 0.15) is 5.75 Å². The lowest BCUT2D eigenvalue weighted by atomic mass is 10.1. The normalized spacial score (nSPS) is 11.5. The number of aryl methyl sites for hydroxylation is 2. The molecule has 0 saturated carbocycles. The molecule has 0 fully saturated rings. The van der Waals surface area contributed by atoms with E-state index in [1.165, 1.54) is 15.5 Å². The fourth-order valence-electron chi connectivity index (χ4n) is 2.14. The summed E-state index contributed by atoms with van der Waals surface area (Å²) in [5, 5.41) is 13.0. The molecule has 1 aromatic heterocycles. The Morgan fingerprint density at radius 2 is 1.53 bits per heavy atom. The van der Waals surface area contributed by atoms with Gasteiger partial charge in [0.2, 0.25) is 0 Å². The van der Waals surface area contributed by atoms with Crippen molar-refractivity contribution in [2.75, 3.05) is 0 Å². The minimum atomic E-state index is 0.354. The van der Waals surface area contributed by atoms with Crippen LogP contribution in [0, 0.1) is 13.8 Å². The third-order valence-corrected chi connectivity index (χ3v) is 5.08. The van der Waals surface area contributed by atoms with E-state index in [0.717, 1.165) is 20.8 Å². The number of thiophene rings is 1. The lowest BCUT2D eigenvalue weighted by molar-refractivity contribution is 0.472. The van der Waals surface area contributed by atoms with Gasteiger partial charge in [0.15, 0.2) is 0 Å². The lowest BCUT2D eigenvalue weighted by Crippen LogP contribution is -1.75. The monoisotopic (exact) mass is 262 g/mol. The molecule has 3 rings (SSSR count). The van der Waals surface area contributed by atoms with Crippen molar-refractivity contribution in [3.05, 3.63) is 40.4 Å². The zero-order valence-electron chi connectivity index (χ0n) is 9.54. The smallest absolute Gasteiger partial charge is 0.119 e. The molecule has 3 heteroatoms. The molecule has 0 unspecified atom stereocenters. The molecule has 0 bridgehead atoms. The van der Waals surface area contributed by atoms with Crippen LogP contribution in [-0.2, 0) is 0 Å². The van der Waals surface area contributed by atoms with Crippen LogP contribution in [0.15, 0.2) is 24.3 Å². The van der Waals surface area contributed by atoms with Crippen molar-refractivity contribution in [3.8, 4) is 5.75 Å². The Labute approximate surface area is 108 Å². The van der Waals surface area contributed by atoms with E-state index in [1.54, 1.807) is 17.4 Å². The van der Waals surface area contributed by atoms with Crippen molar-refractivity contribution in [3.63, 3.8) is 0 Å². The second kappa shape index (κ2) is 3.62. The highest BCUT2D eigenvalue weighted by molar-refractivity contribution is 7.26. The quantitative estimate of drug-likeness (QED) is 0.602. The summed E-state index contributed by atoms with van der Waals surface area (Å²) in [6, 6.07) is 7.73. The predicted molar refractivity (Wildman–Crippen MR) is 75.5 cm³/mol. The molecular weight excluding hydrogens is 252 g/mol. The van der Waals surface area contributed by atoms with Gasteiger partial charge in [-0.2, -0.15) is 0 Å². The van der Waals surface area contributed by atoms with Gasteiger partial charge >= 0.3 is 0 Å². The number of fused-ring (bicyclic) bond motifs is 3. The van der Waals surface area contributed by atoms with E-state index in [9.17, 15) is 5.11 Å². The summed E-state index contributed by atoms with van der Waals surface area (Å²) in [5.74, 6) is 0.354. The van der Waals surface area contributed by atoms with Gasteiger partial charge in [0.05, 0.1) is 0 Å². The van der Waals surface area contributed by atoms with E-state index in [4.69, 9.17) is 11.6 Å². The Morgan fingerprint density at radius 3 is 2.24 bits per heavy atom. The SMILES string of the molecule is Cc1c(O)ccc2c1sc1c(C)c(Cl)ccc12. The minimum Gasteiger partial charge on any atom is -0.508 e. The van der Waals surface area contributed by atoms with Gasteiger partial charge < -0.3 is 5.11 Å². The first kappa shape index (κ1) is 10.9. The van der Waals surface area contributed by atoms with Crippen LogP contribution in [0.25, 0.3) is 20.2 Å². The number of benzene rings is 2. The van der Waals surface area contributed by atoms with Crippen molar-refractivity contribution >= 4 is 43.1 Å². The van der Waals surface area contributed by atoms with Crippen LogP contribution in [0.1, 0.15) is 11.1 Å². The molecule has 0 saturated heterocycles. The Kier molecular flexibility index (Phi) is 2.32. The van der Waals surface area contributed by atoms with Crippen LogP contribution in [0.5, 0.6) is 5.75 Å². The molecule has 0 amide bonds. The van der Waals surface area contributed by atoms with Crippen LogP contribution in [-0.4, -0.2) is 5.11 Å². The van der Waals surface area contributed by atoms with Crippen molar-refractivity contribution < 1.29 is 5.11 Å². The van der Waals surface area contributed by atoms with Crippen LogP contribution < -0.4 is 0 Å². The van der Waals surface area contributed by atoms with Crippen molar-refractivity contribution in [2.24, 2.45) is 0 Å². The second-order valence-corrected chi connectivity index (χ2v) is 5.67. The first-order valence-corrected chi connectivity index (χ1v) is 6.59. The van der Waals surface area contributed by atoms with Crippen LogP contribution in [0.3, 0.4) is 0 Å². The van der Waals surface area contributed by atoms with Gasteiger partial charge in [-0.1, -0.05) is 17.7 Å². The summed E-state index contributed by atoms with van der Waals surface area (Å²) >= 11 is 7.84. The van der Waals surface area contributed by atoms with Crippen LogP contribution in [0.2, 0.25) is 5.02 Å².